The zero-order valence-electron chi connectivity index (χ0n) is 23.1. The Labute approximate surface area is 233 Å². The summed E-state index contributed by atoms with van der Waals surface area (Å²) in [4.78, 5) is 20.0. The average molecular weight is 556 g/mol. The molecule has 5 aromatic heterocycles. The third kappa shape index (κ3) is 5.48. The normalized spacial score (nSPS) is 16.6. The molecule has 5 aromatic rings. The van der Waals surface area contributed by atoms with E-state index in [2.05, 4.69) is 55.6 Å². The fourth-order valence-electron chi connectivity index (χ4n) is 5.14. The molecule has 1 unspecified atom stereocenters. The zero-order chi connectivity index (χ0) is 27.7. The van der Waals surface area contributed by atoms with Crippen molar-refractivity contribution in [3.63, 3.8) is 0 Å². The van der Waals surface area contributed by atoms with E-state index < -0.39 is 8.07 Å². The van der Waals surface area contributed by atoms with E-state index in [1.165, 1.54) is 0 Å². The highest BCUT2D eigenvalue weighted by Crippen LogP contribution is 2.31. The van der Waals surface area contributed by atoms with Gasteiger partial charge in [-0.15, -0.1) is 0 Å². The Kier molecular flexibility index (Phi) is 7.08. The van der Waals surface area contributed by atoms with Crippen LogP contribution in [0.2, 0.25) is 25.7 Å². The van der Waals surface area contributed by atoms with Crippen LogP contribution >= 0.6 is 0 Å². The first kappa shape index (κ1) is 26.2. The molecule has 0 N–H and O–H groups in total. The van der Waals surface area contributed by atoms with Gasteiger partial charge in [0.1, 0.15) is 24.2 Å². The third-order valence-corrected chi connectivity index (χ3v) is 9.16. The van der Waals surface area contributed by atoms with Crippen LogP contribution in [0, 0.1) is 23.2 Å². The van der Waals surface area contributed by atoms with E-state index in [1.807, 2.05) is 46.0 Å². The molecule has 0 aliphatic carbocycles. The maximum Gasteiger partial charge on any atom is 0.299 e. The van der Waals surface area contributed by atoms with Gasteiger partial charge in [-0.3, -0.25) is 4.68 Å². The largest absolute Gasteiger partial charge is 0.404 e. The molecule has 40 heavy (non-hydrogen) atoms. The quantitative estimate of drug-likeness (QED) is 0.176. The smallest absolute Gasteiger partial charge is 0.299 e. The molecule has 0 radical (unpaired) electrons. The number of nitriles is 1. The van der Waals surface area contributed by atoms with Crippen molar-refractivity contribution in [2.75, 3.05) is 24.6 Å². The molecule has 11 nitrogen and oxygen atoms in total. The van der Waals surface area contributed by atoms with Crippen molar-refractivity contribution >= 4 is 36.4 Å². The lowest BCUT2D eigenvalue weighted by atomic mass is 9.93. The van der Waals surface area contributed by atoms with Gasteiger partial charge in [-0.2, -0.15) is 15.3 Å². The molecule has 0 aromatic carbocycles. The standard InChI is InChI=1S/C28H33N9O2Si/c1-40(2,3)12-11-38-19-36-10-7-23-25(31-18-32-26(23)36)22-14-33-37(17-22)16-21(13-29)20-6-9-35(15-20)28-34-24-5-4-8-30-27(24)39-28/h4-5,7-8,10,14,17-18,20-21H,6,9,11-12,15-16,19H2,1-3H3/t20?,21-/m1/s1. The van der Waals surface area contributed by atoms with Crippen molar-refractivity contribution in [1.29, 1.82) is 5.26 Å². The molecule has 6 heterocycles. The second-order valence-corrected chi connectivity index (χ2v) is 17.2. The third-order valence-electron chi connectivity index (χ3n) is 7.46. The summed E-state index contributed by atoms with van der Waals surface area (Å²) in [5, 5.41) is 15.6. The lowest BCUT2D eigenvalue weighted by molar-refractivity contribution is 0.0899. The Balaban J connectivity index is 1.12. The molecule has 1 aliphatic heterocycles. The molecule has 0 amide bonds. The number of oxazole rings is 1. The fraction of sp³-hybridized carbons (Fsp3) is 0.429. The number of hydrogen-bond donors (Lipinski definition) is 0. The van der Waals surface area contributed by atoms with Crippen molar-refractivity contribution in [2.45, 2.75) is 45.4 Å². The van der Waals surface area contributed by atoms with E-state index in [-0.39, 0.29) is 11.8 Å². The van der Waals surface area contributed by atoms with Crippen LogP contribution in [0.15, 0.2) is 53.7 Å². The van der Waals surface area contributed by atoms with E-state index in [9.17, 15) is 5.26 Å². The first-order chi connectivity index (χ1) is 19.4. The van der Waals surface area contributed by atoms with E-state index in [4.69, 9.17) is 9.15 Å². The van der Waals surface area contributed by atoms with Gasteiger partial charge >= 0.3 is 0 Å². The molecular weight excluding hydrogens is 522 g/mol. The fourth-order valence-corrected chi connectivity index (χ4v) is 5.90. The minimum atomic E-state index is -1.13. The van der Waals surface area contributed by atoms with Crippen molar-refractivity contribution in [3.8, 4) is 17.3 Å². The molecule has 0 saturated carbocycles. The van der Waals surface area contributed by atoms with Gasteiger partial charge in [0.25, 0.3) is 6.01 Å². The van der Waals surface area contributed by atoms with Crippen molar-refractivity contribution < 1.29 is 9.15 Å². The zero-order valence-corrected chi connectivity index (χ0v) is 24.1. The Morgan fingerprint density at radius 2 is 2.12 bits per heavy atom. The van der Waals surface area contributed by atoms with Crippen LogP contribution in [-0.2, 0) is 18.0 Å². The van der Waals surface area contributed by atoms with Crippen LogP contribution in [0.3, 0.4) is 0 Å². The van der Waals surface area contributed by atoms with Gasteiger partial charge in [0.05, 0.1) is 30.4 Å². The number of ether oxygens (including phenoxy) is 1. The summed E-state index contributed by atoms with van der Waals surface area (Å²) < 4.78 is 15.6. The number of nitrogens with zero attached hydrogens (tertiary/aromatic N) is 9. The second-order valence-electron chi connectivity index (χ2n) is 11.6. The SMILES string of the molecule is C[Si](C)(C)CCOCn1ccc2c(-c3cnn(C[C@@H](C#N)C4CCN(c5nc6cccnc6o5)C4)c3)ncnc21. The highest BCUT2D eigenvalue weighted by atomic mass is 28.3. The molecule has 6 rings (SSSR count). The lowest BCUT2D eigenvalue weighted by Gasteiger charge is -2.17. The van der Waals surface area contributed by atoms with Crippen LogP contribution in [-0.4, -0.2) is 62.1 Å². The summed E-state index contributed by atoms with van der Waals surface area (Å²) in [6, 6.07) is 9.97. The summed E-state index contributed by atoms with van der Waals surface area (Å²) in [6.45, 7) is 10.3. The van der Waals surface area contributed by atoms with Gasteiger partial charge in [0, 0.05) is 57.3 Å². The van der Waals surface area contributed by atoms with Crippen LogP contribution in [0.4, 0.5) is 6.01 Å². The first-order valence-electron chi connectivity index (χ1n) is 13.6. The minimum absolute atomic E-state index is 0.182. The summed E-state index contributed by atoms with van der Waals surface area (Å²) in [5.74, 6) is -0.0126. The van der Waals surface area contributed by atoms with Crippen molar-refractivity contribution in [3.05, 3.63) is 49.3 Å². The minimum Gasteiger partial charge on any atom is -0.404 e. The maximum absolute atomic E-state index is 10.0. The van der Waals surface area contributed by atoms with Gasteiger partial charge in [-0.1, -0.05) is 19.6 Å². The number of hydrogen-bond acceptors (Lipinski definition) is 9. The molecular formula is C28H33N9O2Si. The molecule has 0 bridgehead atoms. The highest BCUT2D eigenvalue weighted by molar-refractivity contribution is 6.76. The highest BCUT2D eigenvalue weighted by Gasteiger charge is 2.32. The molecule has 2 atom stereocenters. The van der Waals surface area contributed by atoms with Crippen LogP contribution in [0.5, 0.6) is 0 Å². The predicted octanol–water partition coefficient (Wildman–Crippen LogP) is 4.81. The predicted molar refractivity (Wildman–Crippen MR) is 154 cm³/mol. The first-order valence-corrected chi connectivity index (χ1v) is 17.4. The number of aromatic nitrogens is 7. The topological polar surface area (TPSA) is 124 Å². The molecule has 12 heteroatoms. The van der Waals surface area contributed by atoms with Crippen molar-refractivity contribution in [2.24, 2.45) is 11.8 Å². The maximum atomic E-state index is 10.0. The number of fused-ring (bicyclic) bond motifs is 2. The Hall–Kier alpha value is -4.08. The summed E-state index contributed by atoms with van der Waals surface area (Å²) in [5.41, 5.74) is 3.83. The van der Waals surface area contributed by atoms with Gasteiger partial charge in [0.15, 0.2) is 0 Å². The Morgan fingerprint density at radius 3 is 2.95 bits per heavy atom. The monoisotopic (exact) mass is 555 g/mol. The lowest BCUT2D eigenvalue weighted by Crippen LogP contribution is -2.24. The van der Waals surface area contributed by atoms with E-state index in [0.717, 1.165) is 53.4 Å². The molecule has 1 saturated heterocycles. The molecule has 1 aliphatic rings. The Morgan fingerprint density at radius 1 is 1.23 bits per heavy atom. The average Bonchev–Trinajstić information content (AvgIpc) is 3.74. The second kappa shape index (κ2) is 10.8. The number of rotatable bonds is 10. The van der Waals surface area contributed by atoms with E-state index in [0.29, 0.717) is 31.5 Å². The van der Waals surface area contributed by atoms with Gasteiger partial charge in [0.2, 0.25) is 5.71 Å². The van der Waals surface area contributed by atoms with Gasteiger partial charge in [-0.25, -0.2) is 15.0 Å². The van der Waals surface area contributed by atoms with Crippen molar-refractivity contribution in [1.82, 2.24) is 34.3 Å². The van der Waals surface area contributed by atoms with Crippen LogP contribution < -0.4 is 4.90 Å². The Bertz CT molecular complexity index is 1630. The number of pyridine rings is 1. The van der Waals surface area contributed by atoms with Gasteiger partial charge < -0.3 is 18.6 Å². The number of anilines is 1. The van der Waals surface area contributed by atoms with E-state index >= 15 is 0 Å². The molecule has 206 valence electrons. The van der Waals surface area contributed by atoms with Crippen LogP contribution in [0.25, 0.3) is 33.5 Å². The summed E-state index contributed by atoms with van der Waals surface area (Å²) >= 11 is 0. The molecule has 1 fully saturated rings. The summed E-state index contributed by atoms with van der Waals surface area (Å²) in [6.07, 6.45) is 9.93. The van der Waals surface area contributed by atoms with Crippen LogP contribution in [0.1, 0.15) is 6.42 Å². The van der Waals surface area contributed by atoms with Gasteiger partial charge in [-0.05, 0) is 36.6 Å². The molecule has 0 spiro atoms. The van der Waals surface area contributed by atoms with E-state index in [1.54, 1.807) is 12.5 Å². The summed E-state index contributed by atoms with van der Waals surface area (Å²) in [7, 11) is -1.13.